The zero-order chi connectivity index (χ0) is 9.15. The Hall–Kier alpha value is -0.0800. The Labute approximate surface area is 80.7 Å². The highest BCUT2D eigenvalue weighted by Crippen LogP contribution is 2.38. The van der Waals surface area contributed by atoms with Gasteiger partial charge in [-0.25, -0.2) is 0 Å². The van der Waals surface area contributed by atoms with E-state index in [9.17, 15) is 5.11 Å². The molecule has 0 spiro atoms. The van der Waals surface area contributed by atoms with Crippen molar-refractivity contribution in [3.8, 4) is 0 Å². The maximum Gasteiger partial charge on any atom is 0.0500 e. The fourth-order valence-electron chi connectivity index (χ4n) is 3.00. The van der Waals surface area contributed by atoms with Gasteiger partial charge in [0, 0.05) is 18.6 Å². The fraction of sp³-hybridized carbons (Fsp3) is 1.00. The van der Waals surface area contributed by atoms with Crippen LogP contribution in [0.3, 0.4) is 0 Å². The molecule has 2 aliphatic rings. The van der Waals surface area contributed by atoms with Gasteiger partial charge in [0.1, 0.15) is 0 Å². The minimum atomic E-state index is 0.245. The molecular weight excluding hydrogens is 162 g/mol. The molecule has 1 saturated heterocycles. The van der Waals surface area contributed by atoms with Crippen molar-refractivity contribution in [3.63, 3.8) is 0 Å². The molecule has 1 saturated carbocycles. The zero-order valence-electron chi connectivity index (χ0n) is 8.39. The zero-order valence-corrected chi connectivity index (χ0v) is 8.39. The molecule has 1 atom stereocenters. The van der Waals surface area contributed by atoms with Crippen molar-refractivity contribution in [1.82, 2.24) is 5.32 Å². The molecule has 0 aromatic heterocycles. The van der Waals surface area contributed by atoms with E-state index in [-0.39, 0.29) is 5.41 Å². The summed E-state index contributed by atoms with van der Waals surface area (Å²) in [5.74, 6) is 0.909. The van der Waals surface area contributed by atoms with Gasteiger partial charge in [-0.15, -0.1) is 0 Å². The van der Waals surface area contributed by atoms with E-state index in [2.05, 4.69) is 5.32 Å². The van der Waals surface area contributed by atoms with Gasteiger partial charge in [-0.1, -0.05) is 25.7 Å². The molecule has 76 valence electrons. The molecule has 0 amide bonds. The van der Waals surface area contributed by atoms with Crippen LogP contribution in [0.2, 0.25) is 0 Å². The maximum absolute atomic E-state index is 9.44. The van der Waals surface area contributed by atoms with Crippen LogP contribution < -0.4 is 5.32 Å². The summed E-state index contributed by atoms with van der Waals surface area (Å²) in [7, 11) is 0. The van der Waals surface area contributed by atoms with E-state index in [0.717, 1.165) is 19.0 Å². The highest BCUT2D eigenvalue weighted by Gasteiger charge is 2.35. The van der Waals surface area contributed by atoms with Crippen LogP contribution in [-0.4, -0.2) is 24.8 Å². The monoisotopic (exact) mass is 183 g/mol. The van der Waals surface area contributed by atoms with Crippen LogP contribution in [0.25, 0.3) is 0 Å². The lowest BCUT2D eigenvalue weighted by Crippen LogP contribution is -2.30. The Morgan fingerprint density at radius 1 is 1.31 bits per heavy atom. The molecule has 2 nitrogen and oxygen atoms in total. The van der Waals surface area contributed by atoms with Crippen LogP contribution in [0, 0.1) is 11.3 Å². The van der Waals surface area contributed by atoms with Crippen LogP contribution >= 0.6 is 0 Å². The molecule has 2 heteroatoms. The van der Waals surface area contributed by atoms with Crippen molar-refractivity contribution in [2.75, 3.05) is 19.7 Å². The normalized spacial score (nSPS) is 35.8. The van der Waals surface area contributed by atoms with Crippen molar-refractivity contribution in [1.29, 1.82) is 0 Å². The summed E-state index contributed by atoms with van der Waals surface area (Å²) < 4.78 is 0. The Bertz CT molecular complexity index is 157. The van der Waals surface area contributed by atoms with E-state index in [1.807, 2.05) is 0 Å². The highest BCUT2D eigenvalue weighted by atomic mass is 16.3. The smallest absolute Gasteiger partial charge is 0.0500 e. The molecule has 1 aliphatic carbocycles. The summed E-state index contributed by atoms with van der Waals surface area (Å²) in [6.45, 7) is 2.53. The van der Waals surface area contributed by atoms with E-state index in [4.69, 9.17) is 0 Å². The number of aliphatic hydroxyl groups is 1. The van der Waals surface area contributed by atoms with Crippen molar-refractivity contribution in [2.45, 2.75) is 38.5 Å². The molecule has 2 fully saturated rings. The molecule has 0 aromatic carbocycles. The first kappa shape index (κ1) is 9.47. The molecule has 1 unspecified atom stereocenters. The second-order valence-corrected chi connectivity index (χ2v) is 4.94. The molecule has 1 aliphatic heterocycles. The summed E-state index contributed by atoms with van der Waals surface area (Å²) in [4.78, 5) is 0. The van der Waals surface area contributed by atoms with Gasteiger partial charge in [-0.05, 0) is 25.3 Å². The van der Waals surface area contributed by atoms with Gasteiger partial charge in [0.2, 0.25) is 0 Å². The second kappa shape index (κ2) is 3.97. The fourth-order valence-corrected chi connectivity index (χ4v) is 3.00. The molecule has 0 radical (unpaired) electrons. The number of rotatable bonds is 3. The molecule has 0 bridgehead atoms. The van der Waals surface area contributed by atoms with Gasteiger partial charge in [-0.3, -0.25) is 0 Å². The third-order valence-electron chi connectivity index (χ3n) is 3.86. The van der Waals surface area contributed by atoms with E-state index < -0.39 is 0 Å². The molecule has 13 heavy (non-hydrogen) atoms. The molecular formula is C11H21NO. The predicted molar refractivity (Wildman–Crippen MR) is 53.6 cm³/mol. The van der Waals surface area contributed by atoms with Gasteiger partial charge >= 0.3 is 0 Å². The van der Waals surface area contributed by atoms with Crippen LogP contribution in [0.5, 0.6) is 0 Å². The summed E-state index contributed by atoms with van der Waals surface area (Å²) >= 11 is 0. The van der Waals surface area contributed by atoms with Gasteiger partial charge in [0.05, 0.1) is 0 Å². The number of nitrogens with one attached hydrogen (secondary N) is 1. The lowest BCUT2D eigenvalue weighted by Gasteiger charge is -2.28. The summed E-state index contributed by atoms with van der Waals surface area (Å²) in [5.41, 5.74) is 0.245. The largest absolute Gasteiger partial charge is 0.396 e. The van der Waals surface area contributed by atoms with Crippen LogP contribution in [0.4, 0.5) is 0 Å². The van der Waals surface area contributed by atoms with Crippen LogP contribution in [-0.2, 0) is 0 Å². The standard InChI is InChI=1S/C11H21NO/c13-9-11(5-6-12-8-11)7-10-3-1-2-4-10/h10,12-13H,1-9H2. The summed E-state index contributed by atoms with van der Waals surface area (Å²) in [6.07, 6.45) is 8.08. The van der Waals surface area contributed by atoms with Crippen molar-refractivity contribution >= 4 is 0 Å². The third-order valence-corrected chi connectivity index (χ3v) is 3.86. The lowest BCUT2D eigenvalue weighted by molar-refractivity contribution is 0.114. The highest BCUT2D eigenvalue weighted by molar-refractivity contribution is 4.90. The minimum Gasteiger partial charge on any atom is -0.396 e. The lowest BCUT2D eigenvalue weighted by atomic mass is 9.78. The van der Waals surface area contributed by atoms with Crippen LogP contribution in [0.1, 0.15) is 38.5 Å². The second-order valence-electron chi connectivity index (χ2n) is 4.94. The first-order chi connectivity index (χ1) is 6.35. The average Bonchev–Trinajstić information content (AvgIpc) is 2.77. The number of hydrogen-bond donors (Lipinski definition) is 2. The Kier molecular flexibility index (Phi) is 2.89. The molecule has 2 N–H and O–H groups in total. The van der Waals surface area contributed by atoms with Crippen LogP contribution in [0.15, 0.2) is 0 Å². The summed E-state index contributed by atoms with van der Waals surface area (Å²) in [6, 6.07) is 0. The van der Waals surface area contributed by atoms with Crippen molar-refractivity contribution in [3.05, 3.63) is 0 Å². The minimum absolute atomic E-state index is 0.245. The van der Waals surface area contributed by atoms with Gasteiger partial charge in [-0.2, -0.15) is 0 Å². The van der Waals surface area contributed by atoms with E-state index in [0.29, 0.717) is 6.61 Å². The van der Waals surface area contributed by atoms with E-state index in [1.165, 1.54) is 38.5 Å². The SMILES string of the molecule is OCC1(CC2CCCC2)CCNC1. The van der Waals surface area contributed by atoms with Gasteiger partial charge in [0.15, 0.2) is 0 Å². The van der Waals surface area contributed by atoms with Gasteiger partial charge < -0.3 is 10.4 Å². The first-order valence-electron chi connectivity index (χ1n) is 5.66. The van der Waals surface area contributed by atoms with Crippen molar-refractivity contribution < 1.29 is 5.11 Å². The quantitative estimate of drug-likeness (QED) is 0.695. The first-order valence-corrected chi connectivity index (χ1v) is 5.66. The topological polar surface area (TPSA) is 32.3 Å². The third kappa shape index (κ3) is 2.05. The Morgan fingerprint density at radius 2 is 2.08 bits per heavy atom. The molecule has 0 aromatic rings. The molecule has 2 rings (SSSR count). The number of hydrogen-bond acceptors (Lipinski definition) is 2. The maximum atomic E-state index is 9.44. The average molecular weight is 183 g/mol. The Balaban J connectivity index is 1.88. The van der Waals surface area contributed by atoms with Crippen molar-refractivity contribution in [2.24, 2.45) is 11.3 Å². The predicted octanol–water partition coefficient (Wildman–Crippen LogP) is 1.54. The molecule has 1 heterocycles. The Morgan fingerprint density at radius 3 is 2.62 bits per heavy atom. The van der Waals surface area contributed by atoms with Gasteiger partial charge in [0.25, 0.3) is 0 Å². The van der Waals surface area contributed by atoms with E-state index >= 15 is 0 Å². The number of aliphatic hydroxyl groups excluding tert-OH is 1. The van der Waals surface area contributed by atoms with E-state index in [1.54, 1.807) is 0 Å². The summed E-state index contributed by atoms with van der Waals surface area (Å²) in [5, 5.41) is 12.8.